The number of carboxylic acid groups (broad SMARTS) is 1. The van der Waals surface area contributed by atoms with Gasteiger partial charge in [0.25, 0.3) is 0 Å². The molecule has 0 spiro atoms. The van der Waals surface area contributed by atoms with Gasteiger partial charge in [-0.1, -0.05) is 6.07 Å². The van der Waals surface area contributed by atoms with Crippen molar-refractivity contribution in [2.45, 2.75) is 19.4 Å². The van der Waals surface area contributed by atoms with Crippen LogP contribution in [-0.4, -0.2) is 29.4 Å². The number of aliphatic hydroxyl groups is 1. The van der Waals surface area contributed by atoms with Crippen LogP contribution >= 0.6 is 0 Å². The number of aliphatic carboxylic acids is 1. The molecule has 0 fully saturated rings. The molecule has 0 aliphatic heterocycles. The lowest BCUT2D eigenvalue weighted by atomic mass is 10.1. The van der Waals surface area contributed by atoms with Gasteiger partial charge in [-0.2, -0.15) is 0 Å². The highest BCUT2D eigenvalue weighted by atomic mass is 19.1. The quantitative estimate of drug-likeness (QED) is 0.744. The van der Waals surface area contributed by atoms with Gasteiger partial charge in [0.05, 0.1) is 6.61 Å². The molecule has 2 N–H and O–H groups in total. The predicted octanol–water partition coefficient (Wildman–Crippen LogP) is 1.66. The molecule has 0 saturated heterocycles. The van der Waals surface area contributed by atoms with Gasteiger partial charge in [-0.15, -0.1) is 0 Å². The Balaban J connectivity index is 2.82. The Bertz CT molecular complexity index is 392. The first kappa shape index (κ1) is 13.6. The van der Waals surface area contributed by atoms with Gasteiger partial charge in [-0.25, -0.2) is 9.18 Å². The third kappa shape index (κ3) is 3.80. The van der Waals surface area contributed by atoms with Gasteiger partial charge in [0.2, 0.25) is 0 Å². The Hall–Kier alpha value is -1.46. The molecule has 4 nitrogen and oxygen atoms in total. The molecule has 0 bridgehead atoms. The molecule has 0 aliphatic carbocycles. The van der Waals surface area contributed by atoms with Crippen LogP contribution in [0.5, 0.6) is 0 Å². The second kappa shape index (κ2) is 6.32. The SMILES string of the molecule is Cc1cc(C(OCCCO)C(=O)O)ccc1F. The number of aryl methyl sites for hydroxylation is 1. The Morgan fingerprint density at radius 3 is 2.76 bits per heavy atom. The molecule has 1 unspecified atom stereocenters. The molecule has 1 aromatic rings. The van der Waals surface area contributed by atoms with Crippen molar-refractivity contribution in [3.05, 3.63) is 35.1 Å². The monoisotopic (exact) mass is 242 g/mol. The molecule has 0 aromatic heterocycles. The second-order valence-corrected chi connectivity index (χ2v) is 3.67. The van der Waals surface area contributed by atoms with Crippen molar-refractivity contribution in [3.63, 3.8) is 0 Å². The van der Waals surface area contributed by atoms with E-state index in [9.17, 15) is 9.18 Å². The minimum absolute atomic E-state index is 0.0607. The van der Waals surface area contributed by atoms with Gasteiger partial charge in [0.1, 0.15) is 5.82 Å². The number of hydrogen-bond acceptors (Lipinski definition) is 3. The molecule has 1 rings (SSSR count). The van der Waals surface area contributed by atoms with E-state index >= 15 is 0 Å². The van der Waals surface area contributed by atoms with Crippen LogP contribution in [0.15, 0.2) is 18.2 Å². The van der Waals surface area contributed by atoms with E-state index in [1.165, 1.54) is 18.2 Å². The first-order chi connectivity index (χ1) is 8.06. The van der Waals surface area contributed by atoms with Crippen LogP contribution in [0.3, 0.4) is 0 Å². The summed E-state index contributed by atoms with van der Waals surface area (Å²) in [7, 11) is 0. The van der Waals surface area contributed by atoms with Crippen molar-refractivity contribution >= 4 is 5.97 Å². The molecule has 1 atom stereocenters. The number of carbonyl (C=O) groups is 1. The van der Waals surface area contributed by atoms with Crippen molar-refractivity contribution in [3.8, 4) is 0 Å². The molecular formula is C12H15FO4. The summed E-state index contributed by atoms with van der Waals surface area (Å²) in [5.41, 5.74) is 0.772. The Morgan fingerprint density at radius 1 is 1.53 bits per heavy atom. The number of aliphatic hydroxyl groups excluding tert-OH is 1. The standard InChI is InChI=1S/C12H15FO4/c1-8-7-9(3-4-10(8)13)11(12(15)16)17-6-2-5-14/h3-4,7,11,14H,2,5-6H2,1H3,(H,15,16). The van der Waals surface area contributed by atoms with E-state index in [-0.39, 0.29) is 19.0 Å². The Morgan fingerprint density at radius 2 is 2.24 bits per heavy atom. The molecule has 17 heavy (non-hydrogen) atoms. The number of carboxylic acids is 1. The zero-order chi connectivity index (χ0) is 12.8. The molecule has 1 aromatic carbocycles. The molecular weight excluding hydrogens is 227 g/mol. The molecule has 0 amide bonds. The minimum atomic E-state index is -1.13. The zero-order valence-corrected chi connectivity index (χ0v) is 9.52. The fourth-order valence-electron chi connectivity index (χ4n) is 1.41. The van der Waals surface area contributed by atoms with Crippen molar-refractivity contribution < 1.29 is 24.1 Å². The molecule has 0 aliphatic rings. The lowest BCUT2D eigenvalue weighted by Gasteiger charge is -2.14. The number of benzene rings is 1. The van der Waals surface area contributed by atoms with Crippen LogP contribution in [0.2, 0.25) is 0 Å². The third-order valence-corrected chi connectivity index (χ3v) is 2.30. The van der Waals surface area contributed by atoms with Crippen LogP contribution in [-0.2, 0) is 9.53 Å². The van der Waals surface area contributed by atoms with Gasteiger partial charge < -0.3 is 14.9 Å². The molecule has 5 heteroatoms. The second-order valence-electron chi connectivity index (χ2n) is 3.67. The number of hydrogen-bond donors (Lipinski definition) is 2. The third-order valence-electron chi connectivity index (χ3n) is 2.30. The maximum absolute atomic E-state index is 13.0. The van der Waals surface area contributed by atoms with Crippen LogP contribution in [0, 0.1) is 12.7 Å². The molecule has 0 radical (unpaired) electrons. The van der Waals surface area contributed by atoms with Crippen molar-refractivity contribution in [2.75, 3.05) is 13.2 Å². The lowest BCUT2D eigenvalue weighted by Crippen LogP contribution is -2.16. The average Bonchev–Trinajstić information content (AvgIpc) is 2.28. The number of ether oxygens (including phenoxy) is 1. The Labute approximate surface area is 98.7 Å². The first-order valence-electron chi connectivity index (χ1n) is 5.27. The first-order valence-corrected chi connectivity index (χ1v) is 5.27. The highest BCUT2D eigenvalue weighted by Gasteiger charge is 2.20. The fraction of sp³-hybridized carbons (Fsp3) is 0.417. The van der Waals surface area contributed by atoms with Gasteiger partial charge in [-0.05, 0) is 36.6 Å². The van der Waals surface area contributed by atoms with Gasteiger partial charge >= 0.3 is 5.97 Å². The summed E-state index contributed by atoms with van der Waals surface area (Å²) in [4.78, 5) is 11.0. The summed E-state index contributed by atoms with van der Waals surface area (Å²) in [5, 5.41) is 17.6. The van der Waals surface area contributed by atoms with Crippen molar-refractivity contribution in [1.82, 2.24) is 0 Å². The maximum Gasteiger partial charge on any atom is 0.337 e. The molecule has 94 valence electrons. The summed E-state index contributed by atoms with van der Waals surface area (Å²) in [6.45, 7) is 1.64. The maximum atomic E-state index is 13.0. The van der Waals surface area contributed by atoms with Crippen LogP contribution in [0.25, 0.3) is 0 Å². The zero-order valence-electron chi connectivity index (χ0n) is 9.52. The van der Waals surface area contributed by atoms with E-state index < -0.39 is 12.1 Å². The minimum Gasteiger partial charge on any atom is -0.479 e. The van der Waals surface area contributed by atoms with E-state index in [4.69, 9.17) is 14.9 Å². The average molecular weight is 242 g/mol. The smallest absolute Gasteiger partial charge is 0.337 e. The number of halogens is 1. The highest BCUT2D eigenvalue weighted by Crippen LogP contribution is 2.20. The normalized spacial score (nSPS) is 12.4. The van der Waals surface area contributed by atoms with E-state index in [2.05, 4.69) is 0 Å². The number of rotatable bonds is 6. The highest BCUT2D eigenvalue weighted by molar-refractivity contribution is 5.74. The summed E-state index contributed by atoms with van der Waals surface area (Å²) in [5.74, 6) is -1.51. The molecule has 0 saturated carbocycles. The van der Waals surface area contributed by atoms with E-state index in [0.717, 1.165) is 0 Å². The van der Waals surface area contributed by atoms with E-state index in [0.29, 0.717) is 17.5 Å². The van der Waals surface area contributed by atoms with Crippen LogP contribution in [0.4, 0.5) is 4.39 Å². The van der Waals surface area contributed by atoms with E-state index in [1.54, 1.807) is 6.92 Å². The van der Waals surface area contributed by atoms with Crippen molar-refractivity contribution in [2.24, 2.45) is 0 Å². The summed E-state index contributed by atoms with van der Waals surface area (Å²) in [6, 6.07) is 4.06. The largest absolute Gasteiger partial charge is 0.479 e. The summed E-state index contributed by atoms with van der Waals surface area (Å²) < 4.78 is 18.2. The van der Waals surface area contributed by atoms with E-state index in [1.807, 2.05) is 0 Å². The lowest BCUT2D eigenvalue weighted by molar-refractivity contribution is -0.151. The van der Waals surface area contributed by atoms with Crippen LogP contribution in [0.1, 0.15) is 23.7 Å². The van der Waals surface area contributed by atoms with Gasteiger partial charge in [0.15, 0.2) is 6.10 Å². The van der Waals surface area contributed by atoms with Crippen molar-refractivity contribution in [1.29, 1.82) is 0 Å². The predicted molar refractivity (Wildman–Crippen MR) is 59.2 cm³/mol. The topological polar surface area (TPSA) is 66.8 Å². The fourth-order valence-corrected chi connectivity index (χ4v) is 1.41. The van der Waals surface area contributed by atoms with Crippen LogP contribution < -0.4 is 0 Å². The summed E-state index contributed by atoms with van der Waals surface area (Å²) >= 11 is 0. The van der Waals surface area contributed by atoms with Gasteiger partial charge in [-0.3, -0.25) is 0 Å². The van der Waals surface area contributed by atoms with Gasteiger partial charge in [0, 0.05) is 6.61 Å². The summed E-state index contributed by atoms with van der Waals surface area (Å²) in [6.07, 6.45) is -0.759. The molecule has 0 heterocycles. The Kier molecular flexibility index (Phi) is 5.06.